The van der Waals surface area contributed by atoms with Gasteiger partial charge in [0.2, 0.25) is 10.0 Å². The highest BCUT2D eigenvalue weighted by molar-refractivity contribution is 7.99. The first kappa shape index (κ1) is 10.3. The van der Waals surface area contributed by atoms with Gasteiger partial charge in [-0.25, -0.2) is 13.1 Å². The Labute approximate surface area is 66.6 Å². The second-order valence-corrected chi connectivity index (χ2v) is 5.28. The Morgan fingerprint density at radius 2 is 2.10 bits per heavy atom. The quantitative estimate of drug-likeness (QED) is 0.681. The zero-order chi connectivity index (χ0) is 8.20. The normalized spacial score (nSPS) is 15.1. The van der Waals surface area contributed by atoms with Gasteiger partial charge >= 0.3 is 0 Å². The highest BCUT2D eigenvalue weighted by Gasteiger charge is 2.03. The van der Waals surface area contributed by atoms with Crippen LogP contribution in [-0.4, -0.2) is 32.7 Å². The van der Waals surface area contributed by atoms with Crippen molar-refractivity contribution in [2.45, 2.75) is 12.2 Å². The molecule has 0 saturated carbocycles. The third kappa shape index (κ3) is 6.38. The molecule has 0 aromatic rings. The molecule has 0 aromatic carbocycles. The molecule has 0 aliphatic carbocycles. The van der Waals surface area contributed by atoms with Crippen LogP contribution in [0.25, 0.3) is 0 Å². The molecule has 62 valence electrons. The van der Waals surface area contributed by atoms with E-state index in [0.29, 0.717) is 11.8 Å². The van der Waals surface area contributed by atoms with Crippen molar-refractivity contribution in [2.75, 3.05) is 19.1 Å². The number of rotatable bonds is 4. The van der Waals surface area contributed by atoms with Crippen LogP contribution in [0.1, 0.15) is 6.92 Å². The minimum atomic E-state index is -2.99. The Kier molecular flexibility index (Phi) is 4.31. The summed E-state index contributed by atoms with van der Waals surface area (Å²) in [7, 11) is -2.99. The Bertz CT molecular complexity index is 176. The van der Waals surface area contributed by atoms with Crippen LogP contribution in [0.2, 0.25) is 0 Å². The first-order valence-electron chi connectivity index (χ1n) is 2.93. The number of hydrogen-bond donors (Lipinski definition) is 1. The van der Waals surface area contributed by atoms with Gasteiger partial charge in [0.05, 0.1) is 6.26 Å². The van der Waals surface area contributed by atoms with E-state index in [4.69, 9.17) is 0 Å². The minimum absolute atomic E-state index is 0.342. The van der Waals surface area contributed by atoms with Crippen molar-refractivity contribution in [3.05, 3.63) is 0 Å². The predicted molar refractivity (Wildman–Crippen MR) is 45.8 cm³/mol. The summed E-state index contributed by atoms with van der Waals surface area (Å²) in [4.78, 5) is 0. The summed E-state index contributed by atoms with van der Waals surface area (Å²) >= 11 is 1.64. The lowest BCUT2D eigenvalue weighted by atomic mass is 10.5. The van der Waals surface area contributed by atoms with Gasteiger partial charge in [-0.2, -0.15) is 11.8 Å². The molecular weight excluding hydrogens is 170 g/mol. The van der Waals surface area contributed by atoms with Crippen molar-refractivity contribution >= 4 is 21.8 Å². The molecule has 0 rings (SSSR count). The second-order valence-electron chi connectivity index (χ2n) is 2.17. The first-order valence-corrected chi connectivity index (χ1v) is 6.11. The van der Waals surface area contributed by atoms with Gasteiger partial charge in [-0.15, -0.1) is 0 Å². The molecule has 1 unspecified atom stereocenters. The van der Waals surface area contributed by atoms with Crippen LogP contribution in [0.5, 0.6) is 0 Å². The molecule has 0 amide bonds. The lowest BCUT2D eigenvalue weighted by molar-refractivity contribution is 0.587. The van der Waals surface area contributed by atoms with E-state index in [-0.39, 0.29) is 0 Å². The summed E-state index contributed by atoms with van der Waals surface area (Å²) in [5.41, 5.74) is 0. The molecule has 0 heterocycles. The number of nitrogens with one attached hydrogen (secondary N) is 1. The Morgan fingerprint density at radius 3 is 2.40 bits per heavy atom. The number of thioether (sulfide) groups is 1. The average Bonchev–Trinajstić information content (AvgIpc) is 1.81. The Morgan fingerprint density at radius 1 is 1.60 bits per heavy atom. The van der Waals surface area contributed by atoms with E-state index in [1.54, 1.807) is 11.8 Å². The first-order chi connectivity index (χ1) is 4.45. The van der Waals surface area contributed by atoms with E-state index in [2.05, 4.69) is 4.72 Å². The monoisotopic (exact) mass is 183 g/mol. The van der Waals surface area contributed by atoms with Gasteiger partial charge in [-0.1, -0.05) is 6.92 Å². The summed E-state index contributed by atoms with van der Waals surface area (Å²) < 4.78 is 23.5. The van der Waals surface area contributed by atoms with Crippen LogP contribution in [0, 0.1) is 0 Å². The zero-order valence-electron chi connectivity index (χ0n) is 6.42. The van der Waals surface area contributed by atoms with Crippen molar-refractivity contribution in [1.82, 2.24) is 4.72 Å². The maximum Gasteiger partial charge on any atom is 0.208 e. The fraction of sp³-hybridized carbons (Fsp3) is 1.00. The molecule has 3 nitrogen and oxygen atoms in total. The maximum absolute atomic E-state index is 10.5. The molecule has 0 saturated heterocycles. The van der Waals surface area contributed by atoms with Crippen LogP contribution in [0.4, 0.5) is 0 Å². The van der Waals surface area contributed by atoms with E-state index in [1.807, 2.05) is 13.2 Å². The van der Waals surface area contributed by atoms with Crippen molar-refractivity contribution in [3.8, 4) is 0 Å². The fourth-order valence-corrected chi connectivity index (χ4v) is 1.26. The van der Waals surface area contributed by atoms with Crippen molar-refractivity contribution in [3.63, 3.8) is 0 Å². The molecule has 0 bridgehead atoms. The van der Waals surface area contributed by atoms with Crippen LogP contribution < -0.4 is 4.72 Å². The SMILES string of the molecule is CSC(C)CNS(C)(=O)=O. The summed E-state index contributed by atoms with van der Waals surface area (Å²) in [6.07, 6.45) is 3.12. The van der Waals surface area contributed by atoms with Crippen molar-refractivity contribution in [1.29, 1.82) is 0 Å². The summed E-state index contributed by atoms with van der Waals surface area (Å²) in [6, 6.07) is 0. The Hall–Kier alpha value is 0.260. The standard InChI is InChI=1S/C5H13NO2S2/c1-5(9-2)4-6-10(3,7)8/h5-6H,4H2,1-3H3. The van der Waals surface area contributed by atoms with Crippen LogP contribution in [-0.2, 0) is 10.0 Å². The molecule has 0 radical (unpaired) electrons. The number of hydrogen-bond acceptors (Lipinski definition) is 3. The van der Waals surface area contributed by atoms with Gasteiger partial charge in [0.1, 0.15) is 0 Å². The molecule has 5 heteroatoms. The van der Waals surface area contributed by atoms with Crippen molar-refractivity contribution < 1.29 is 8.42 Å². The van der Waals surface area contributed by atoms with Gasteiger partial charge in [-0.3, -0.25) is 0 Å². The molecule has 1 N–H and O–H groups in total. The molecular formula is C5H13NO2S2. The largest absolute Gasteiger partial charge is 0.214 e. The van der Waals surface area contributed by atoms with Crippen LogP contribution in [0.15, 0.2) is 0 Å². The van der Waals surface area contributed by atoms with E-state index in [9.17, 15) is 8.42 Å². The second kappa shape index (κ2) is 4.20. The highest BCUT2D eigenvalue weighted by Crippen LogP contribution is 2.02. The smallest absolute Gasteiger partial charge is 0.208 e. The molecule has 1 atom stereocenters. The van der Waals surface area contributed by atoms with Gasteiger partial charge in [-0.05, 0) is 6.26 Å². The summed E-state index contributed by atoms with van der Waals surface area (Å²) in [6.45, 7) is 2.49. The molecule has 0 fully saturated rings. The molecule has 0 aliphatic heterocycles. The average molecular weight is 183 g/mol. The molecule has 0 spiro atoms. The van der Waals surface area contributed by atoms with E-state index in [0.717, 1.165) is 0 Å². The Balaban J connectivity index is 3.56. The van der Waals surface area contributed by atoms with Gasteiger partial charge in [0.15, 0.2) is 0 Å². The zero-order valence-corrected chi connectivity index (χ0v) is 8.05. The van der Waals surface area contributed by atoms with Crippen LogP contribution >= 0.6 is 11.8 Å². The summed E-state index contributed by atoms with van der Waals surface area (Å²) in [5.74, 6) is 0. The fourth-order valence-electron chi connectivity index (χ4n) is 0.352. The lowest BCUT2D eigenvalue weighted by Gasteiger charge is -2.06. The molecule has 0 aliphatic rings. The van der Waals surface area contributed by atoms with Gasteiger partial charge in [0.25, 0.3) is 0 Å². The molecule has 10 heavy (non-hydrogen) atoms. The minimum Gasteiger partial charge on any atom is -0.214 e. The topological polar surface area (TPSA) is 46.2 Å². The predicted octanol–water partition coefficient (Wildman–Crippen LogP) is 0.287. The van der Waals surface area contributed by atoms with Gasteiger partial charge < -0.3 is 0 Å². The molecule has 0 aromatic heterocycles. The third-order valence-corrected chi connectivity index (χ3v) is 2.70. The number of sulfonamides is 1. The summed E-state index contributed by atoms with van der Waals surface area (Å²) in [5, 5.41) is 0.342. The highest BCUT2D eigenvalue weighted by atomic mass is 32.2. The van der Waals surface area contributed by atoms with Crippen LogP contribution in [0.3, 0.4) is 0 Å². The van der Waals surface area contributed by atoms with E-state index < -0.39 is 10.0 Å². The van der Waals surface area contributed by atoms with E-state index in [1.165, 1.54) is 6.26 Å². The maximum atomic E-state index is 10.5. The van der Waals surface area contributed by atoms with Gasteiger partial charge in [0, 0.05) is 11.8 Å². The lowest BCUT2D eigenvalue weighted by Crippen LogP contribution is -2.28. The third-order valence-electron chi connectivity index (χ3n) is 1.04. The van der Waals surface area contributed by atoms with E-state index >= 15 is 0 Å². The van der Waals surface area contributed by atoms with Crippen molar-refractivity contribution in [2.24, 2.45) is 0 Å².